The van der Waals surface area contributed by atoms with E-state index in [9.17, 15) is 24.9 Å². The third-order valence-electron chi connectivity index (χ3n) is 22.2. The number of aliphatic hydroxyl groups excluding tert-OH is 2. The van der Waals surface area contributed by atoms with Crippen LogP contribution in [-0.4, -0.2) is 115 Å². The summed E-state index contributed by atoms with van der Waals surface area (Å²) in [4.78, 5) is 34.0. The van der Waals surface area contributed by atoms with Gasteiger partial charge in [-0.3, -0.25) is 9.59 Å². The molecule has 10 aliphatic rings. The number of Topliss-reactive ketones (excluding diaryl/α,β-unsaturated/α-hetero) is 1. The number of aliphatic imine (C=N–C) groups is 1. The van der Waals surface area contributed by atoms with Crippen molar-refractivity contribution in [2.24, 2.45) is 63.0 Å². The first-order valence-corrected chi connectivity index (χ1v) is 35.6. The first-order chi connectivity index (χ1) is 42.9. The summed E-state index contributed by atoms with van der Waals surface area (Å²) < 4.78 is 5.70. The molecular weight excluding hydrogens is 1140 g/mol. The average Bonchev–Trinajstić information content (AvgIpc) is 1.68. The number of nitrogens with two attached hydrogens (primary N) is 1. The molecule has 16 heteroatoms. The van der Waals surface area contributed by atoms with Crippen molar-refractivity contribution in [1.82, 2.24) is 31.9 Å². The molecule has 0 radical (unpaired) electrons. The molecule has 14 unspecified atom stereocenters. The smallest absolute Gasteiger partial charge is 0.189 e. The number of rotatable bonds is 13. The standard InChI is InChI=1S/C72H96N8O6S2/c1-45(82)40-78-66-39-71(38-61-58-21-25-74-41-53(58)30-51-12-7-24-75-68(51)61)36-50-16-18-65(71)72(66)23-19-49(37-72)20-26-77-70(73)80-44-87-88-64-22-27-76-69-67(64)59(17-15-48-11-6-10-47(28-48)14-13-46-8-4-3-5-9-46)54(42-79-69)31-52-33-62(85)63(86-2)35-60(52)55(43-81)32-57(84)34-56(83)29-50/h3-12,22,27-28,32-33,35,42,45,49-51,53,58,61,64-66,68-69,74-76,78-79,81-82,85H,13-21,23-26,29-31,34,36-41,43-44H2,1-2H3,(H3,73,77,80). The zero-order chi connectivity index (χ0) is 60.8. The number of methoxy groups -OCH3 is 1. The van der Waals surface area contributed by atoms with Gasteiger partial charge in [0.05, 0.1) is 37.4 Å². The Morgan fingerprint density at radius 3 is 2.56 bits per heavy atom. The van der Waals surface area contributed by atoms with Crippen LogP contribution in [-0.2, 0) is 35.3 Å². The summed E-state index contributed by atoms with van der Waals surface area (Å²) in [5, 5.41) is 56.3. The Bertz CT molecular complexity index is 3160. The number of hydrogen-bond donors (Lipinski definition) is 10. The monoisotopic (exact) mass is 1230 g/mol. The molecule has 14 atom stereocenters. The van der Waals surface area contributed by atoms with Crippen molar-refractivity contribution in [3.05, 3.63) is 148 Å². The molecule has 472 valence electrons. The first kappa shape index (κ1) is 62.8. The molecule has 4 saturated carbocycles. The summed E-state index contributed by atoms with van der Waals surface area (Å²) in [5.41, 5.74) is 15.8. The number of hydrogen-bond acceptors (Lipinski definition) is 16. The second-order valence-corrected chi connectivity index (χ2v) is 30.1. The van der Waals surface area contributed by atoms with Crippen LogP contribution < -0.4 is 42.4 Å². The van der Waals surface area contributed by atoms with Crippen molar-refractivity contribution in [1.29, 1.82) is 0 Å². The van der Waals surface area contributed by atoms with E-state index in [1.807, 2.05) is 13.1 Å². The number of fused-ring (bicyclic) bond motifs is 13. The minimum atomic E-state index is -0.464. The molecule has 0 aromatic heterocycles. The second-order valence-electron chi connectivity index (χ2n) is 27.6. The van der Waals surface area contributed by atoms with E-state index in [4.69, 9.17) is 15.5 Å². The Kier molecular flexibility index (Phi) is 20.3. The maximum Gasteiger partial charge on any atom is 0.189 e. The van der Waals surface area contributed by atoms with E-state index in [0.717, 1.165) is 121 Å². The number of carbonyl (C=O) groups is 2. The third kappa shape index (κ3) is 14.1. The molecule has 13 rings (SSSR count). The van der Waals surface area contributed by atoms with Crippen LogP contribution in [0.5, 0.6) is 11.5 Å². The first-order valence-electron chi connectivity index (χ1n) is 33.2. The van der Waals surface area contributed by atoms with E-state index in [1.165, 1.54) is 53.9 Å². The van der Waals surface area contributed by atoms with Gasteiger partial charge in [0.25, 0.3) is 0 Å². The Labute approximate surface area is 530 Å². The van der Waals surface area contributed by atoms with Gasteiger partial charge in [0.1, 0.15) is 11.9 Å². The van der Waals surface area contributed by atoms with Gasteiger partial charge in [0.2, 0.25) is 0 Å². The molecule has 11 N–H and O–H groups in total. The number of phenols is 1. The summed E-state index contributed by atoms with van der Waals surface area (Å²) in [6.45, 7) is 5.81. The number of nitrogens with one attached hydrogen (secondary N) is 6. The predicted molar refractivity (Wildman–Crippen MR) is 356 cm³/mol. The molecule has 7 bridgehead atoms. The zero-order valence-electron chi connectivity index (χ0n) is 51.8. The summed E-state index contributed by atoms with van der Waals surface area (Å²) in [7, 11) is 4.96. The SMILES string of the molecule is COc1cc2c(cc1O)CC1=CNC3NC=CC(SSCN=C(N)NCCC4CCC5(C4)C(NCC(C)O)CC4(CC6C7CCNCC7CC7C=CCNC76)CC(CCC45)CC(=O)CC(=O)C=C2CO)C3=C1CCc1cccc(CCc2ccccc2)c1. The summed E-state index contributed by atoms with van der Waals surface area (Å²) >= 11 is 0. The van der Waals surface area contributed by atoms with E-state index in [2.05, 4.69) is 111 Å². The fourth-order valence-corrected chi connectivity index (χ4v) is 20.8. The minimum Gasteiger partial charge on any atom is -0.504 e. The maximum atomic E-state index is 14.7. The topological polar surface area (TPSA) is 215 Å². The molecule has 3 aromatic rings. The van der Waals surface area contributed by atoms with Crippen molar-refractivity contribution in [2.75, 3.05) is 52.3 Å². The second kappa shape index (κ2) is 28.5. The zero-order valence-corrected chi connectivity index (χ0v) is 53.5. The molecule has 6 heterocycles. The van der Waals surface area contributed by atoms with Gasteiger partial charge in [0.15, 0.2) is 23.2 Å². The number of aliphatic hydroxyl groups is 2. The summed E-state index contributed by atoms with van der Waals surface area (Å²) in [6.07, 6.45) is 28.0. The van der Waals surface area contributed by atoms with E-state index in [0.29, 0.717) is 83.9 Å². The van der Waals surface area contributed by atoms with Gasteiger partial charge in [-0.2, -0.15) is 0 Å². The number of nitrogens with zero attached hydrogens (tertiary/aromatic N) is 1. The van der Waals surface area contributed by atoms with Gasteiger partial charge in [-0.25, -0.2) is 4.99 Å². The Hall–Kier alpha value is -5.33. The highest BCUT2D eigenvalue weighted by molar-refractivity contribution is 8.77. The molecule has 0 amide bonds. The minimum absolute atomic E-state index is 0.00712. The number of dihydropyridines is 1. The number of phenolic OH excluding ortho intramolecular Hbond substituents is 1. The van der Waals surface area contributed by atoms with Gasteiger partial charge < -0.3 is 57.7 Å². The van der Waals surface area contributed by atoms with Crippen LogP contribution in [0, 0.1) is 52.3 Å². The molecule has 14 nitrogen and oxygen atoms in total. The largest absolute Gasteiger partial charge is 0.504 e. The van der Waals surface area contributed by atoms with Gasteiger partial charge >= 0.3 is 0 Å². The van der Waals surface area contributed by atoms with Gasteiger partial charge in [-0.05, 0) is 250 Å². The van der Waals surface area contributed by atoms with Crippen molar-refractivity contribution >= 4 is 44.7 Å². The lowest BCUT2D eigenvalue weighted by atomic mass is 9.52. The van der Waals surface area contributed by atoms with Crippen molar-refractivity contribution in [2.45, 2.75) is 152 Å². The lowest BCUT2D eigenvalue weighted by Crippen LogP contribution is -2.57. The van der Waals surface area contributed by atoms with Crippen molar-refractivity contribution < 1.29 is 29.6 Å². The molecule has 1 saturated heterocycles. The molecule has 1 spiro atoms. The van der Waals surface area contributed by atoms with Crippen LogP contribution in [0.1, 0.15) is 125 Å². The lowest BCUT2D eigenvalue weighted by molar-refractivity contribution is -0.126. The molecule has 5 fully saturated rings. The fraction of sp³-hybridized carbons (Fsp3) is 0.569. The fourth-order valence-electron chi connectivity index (χ4n) is 18.6. The molecule has 88 heavy (non-hydrogen) atoms. The molecule has 3 aromatic carbocycles. The third-order valence-corrected chi connectivity index (χ3v) is 24.5. The predicted octanol–water partition coefficient (Wildman–Crippen LogP) is 9.61. The number of aromatic hydroxyl groups is 1. The average molecular weight is 1230 g/mol. The van der Waals surface area contributed by atoms with Crippen molar-refractivity contribution in [3.8, 4) is 11.5 Å². The molecular formula is C72H96N8O6S2. The number of carbonyl (C=O) groups excluding carboxylic acids is 2. The van der Waals surface area contributed by atoms with Gasteiger partial charge in [0, 0.05) is 44.3 Å². The van der Waals surface area contributed by atoms with Crippen LogP contribution in [0.15, 0.2) is 125 Å². The highest BCUT2D eigenvalue weighted by atomic mass is 33.1. The lowest BCUT2D eigenvalue weighted by Gasteiger charge is -2.55. The number of ketones is 2. The highest BCUT2D eigenvalue weighted by Crippen LogP contribution is 2.70. The van der Waals surface area contributed by atoms with Gasteiger partial charge in [-0.1, -0.05) is 94.4 Å². The van der Waals surface area contributed by atoms with E-state index < -0.39 is 12.7 Å². The van der Waals surface area contributed by atoms with Gasteiger partial charge in [-0.15, -0.1) is 0 Å². The quantitative estimate of drug-likeness (QED) is 0.0438. The Balaban J connectivity index is 0.862. The van der Waals surface area contributed by atoms with Crippen LogP contribution in [0.25, 0.3) is 5.57 Å². The van der Waals surface area contributed by atoms with Crippen LogP contribution in [0.2, 0.25) is 0 Å². The number of aryl methyl sites for hydroxylation is 3. The summed E-state index contributed by atoms with van der Waals surface area (Å²) in [5.74, 6) is 4.21. The number of guanidine groups is 1. The number of ether oxygens (including phenoxy) is 1. The number of allylic oxidation sites excluding steroid dienone is 3. The van der Waals surface area contributed by atoms with Crippen LogP contribution in [0.4, 0.5) is 0 Å². The van der Waals surface area contributed by atoms with Crippen LogP contribution >= 0.6 is 21.6 Å². The maximum absolute atomic E-state index is 14.7. The molecule has 4 aliphatic carbocycles. The van der Waals surface area contributed by atoms with Crippen LogP contribution in [0.3, 0.4) is 0 Å². The van der Waals surface area contributed by atoms with E-state index in [1.54, 1.807) is 33.7 Å². The molecule has 6 aliphatic heterocycles. The Morgan fingerprint density at radius 1 is 0.898 bits per heavy atom. The van der Waals surface area contributed by atoms with E-state index in [-0.39, 0.29) is 63.7 Å². The number of benzene rings is 3. The van der Waals surface area contributed by atoms with E-state index >= 15 is 0 Å². The van der Waals surface area contributed by atoms with Crippen molar-refractivity contribution in [3.63, 3.8) is 0 Å². The Morgan fingerprint density at radius 2 is 1.73 bits per heavy atom. The highest BCUT2D eigenvalue weighted by Gasteiger charge is 2.65. The number of piperidine rings is 1. The normalized spacial score (nSPS) is 33.0. The summed E-state index contributed by atoms with van der Waals surface area (Å²) in [6, 6.07) is 23.7.